The summed E-state index contributed by atoms with van der Waals surface area (Å²) < 4.78 is 10.5. The highest BCUT2D eigenvalue weighted by atomic mass is 16.5. The van der Waals surface area contributed by atoms with E-state index in [1.54, 1.807) is 7.11 Å². The number of aryl methyl sites for hydroxylation is 1. The van der Waals surface area contributed by atoms with Gasteiger partial charge < -0.3 is 15.0 Å². The van der Waals surface area contributed by atoms with Crippen molar-refractivity contribution in [2.45, 2.75) is 13.3 Å². The van der Waals surface area contributed by atoms with E-state index in [2.05, 4.69) is 5.16 Å². The van der Waals surface area contributed by atoms with Gasteiger partial charge in [0.2, 0.25) is 0 Å². The minimum absolute atomic E-state index is 0.404. The van der Waals surface area contributed by atoms with E-state index in [0.717, 1.165) is 29.1 Å². The largest absolute Gasteiger partial charge is 0.496 e. The van der Waals surface area contributed by atoms with E-state index < -0.39 is 0 Å². The lowest BCUT2D eigenvalue weighted by Gasteiger charge is -2.07. The van der Waals surface area contributed by atoms with Crippen molar-refractivity contribution in [1.29, 1.82) is 0 Å². The van der Waals surface area contributed by atoms with Crippen molar-refractivity contribution in [1.82, 2.24) is 5.16 Å². The Bertz CT molecular complexity index is 492. The average Bonchev–Trinajstić information content (AvgIpc) is 2.70. The molecule has 1 aromatic heterocycles. The summed E-state index contributed by atoms with van der Waals surface area (Å²) in [5.74, 6) is 1.95. The van der Waals surface area contributed by atoms with Gasteiger partial charge in [0.15, 0.2) is 5.82 Å². The van der Waals surface area contributed by atoms with Crippen LogP contribution in [0, 0.1) is 0 Å². The van der Waals surface area contributed by atoms with Crippen LogP contribution in [-0.2, 0) is 6.42 Å². The number of benzene rings is 1. The quantitative estimate of drug-likeness (QED) is 0.859. The second-order valence-electron chi connectivity index (χ2n) is 3.42. The summed E-state index contributed by atoms with van der Waals surface area (Å²) in [5, 5.41) is 3.79. The molecule has 0 atom stereocenters. The van der Waals surface area contributed by atoms with Crippen molar-refractivity contribution in [3.8, 4) is 16.9 Å². The maximum absolute atomic E-state index is 5.81. The predicted molar refractivity (Wildman–Crippen MR) is 62.3 cm³/mol. The Morgan fingerprint density at radius 3 is 2.81 bits per heavy atom. The number of nitrogens with zero attached hydrogens (tertiary/aromatic N) is 1. The van der Waals surface area contributed by atoms with E-state index in [1.807, 2.05) is 31.2 Å². The summed E-state index contributed by atoms with van der Waals surface area (Å²) in [4.78, 5) is 0. The van der Waals surface area contributed by atoms with Crippen LogP contribution in [0.15, 0.2) is 28.8 Å². The molecule has 0 aliphatic rings. The van der Waals surface area contributed by atoms with Crippen LogP contribution in [0.25, 0.3) is 11.1 Å². The van der Waals surface area contributed by atoms with Crippen molar-refractivity contribution in [2.24, 2.45) is 0 Å². The van der Waals surface area contributed by atoms with E-state index in [-0.39, 0.29) is 0 Å². The third kappa shape index (κ3) is 1.62. The van der Waals surface area contributed by atoms with E-state index in [1.165, 1.54) is 0 Å². The molecule has 0 radical (unpaired) electrons. The molecule has 0 aliphatic carbocycles. The maximum atomic E-state index is 5.81. The zero-order chi connectivity index (χ0) is 11.5. The van der Waals surface area contributed by atoms with Crippen molar-refractivity contribution < 1.29 is 9.26 Å². The Kier molecular flexibility index (Phi) is 2.81. The molecule has 0 saturated carbocycles. The van der Waals surface area contributed by atoms with Crippen LogP contribution in [0.4, 0.5) is 5.82 Å². The van der Waals surface area contributed by atoms with E-state index >= 15 is 0 Å². The van der Waals surface area contributed by atoms with E-state index in [0.29, 0.717) is 5.82 Å². The van der Waals surface area contributed by atoms with Crippen LogP contribution >= 0.6 is 0 Å². The zero-order valence-electron chi connectivity index (χ0n) is 9.36. The number of aromatic nitrogens is 1. The lowest BCUT2D eigenvalue weighted by Crippen LogP contribution is -1.93. The van der Waals surface area contributed by atoms with Gasteiger partial charge in [-0.1, -0.05) is 30.3 Å². The predicted octanol–water partition coefficient (Wildman–Crippen LogP) is 2.49. The molecule has 16 heavy (non-hydrogen) atoms. The highest BCUT2D eigenvalue weighted by Crippen LogP contribution is 2.36. The summed E-state index contributed by atoms with van der Waals surface area (Å²) in [6.45, 7) is 2.00. The van der Waals surface area contributed by atoms with Crippen molar-refractivity contribution in [3.63, 3.8) is 0 Å². The second-order valence-corrected chi connectivity index (χ2v) is 3.42. The lowest BCUT2D eigenvalue weighted by atomic mass is 10.0. The molecule has 4 heteroatoms. The number of hydrogen-bond donors (Lipinski definition) is 1. The fourth-order valence-corrected chi connectivity index (χ4v) is 1.72. The summed E-state index contributed by atoms with van der Waals surface area (Å²) >= 11 is 0. The number of rotatable bonds is 3. The van der Waals surface area contributed by atoms with E-state index in [4.69, 9.17) is 15.0 Å². The second kappa shape index (κ2) is 4.26. The van der Waals surface area contributed by atoms with Crippen LogP contribution in [0.2, 0.25) is 0 Å². The van der Waals surface area contributed by atoms with Crippen molar-refractivity contribution in [2.75, 3.05) is 12.8 Å². The van der Waals surface area contributed by atoms with Gasteiger partial charge >= 0.3 is 0 Å². The maximum Gasteiger partial charge on any atom is 0.175 e. The summed E-state index contributed by atoms with van der Waals surface area (Å²) in [7, 11) is 1.63. The molecule has 0 unspecified atom stereocenters. The van der Waals surface area contributed by atoms with Gasteiger partial charge in [-0.15, -0.1) is 0 Å². The molecule has 2 N–H and O–H groups in total. The van der Waals surface area contributed by atoms with Gasteiger partial charge in [-0.25, -0.2) is 0 Å². The highest BCUT2D eigenvalue weighted by molar-refractivity contribution is 5.79. The van der Waals surface area contributed by atoms with Gasteiger partial charge in [-0.2, -0.15) is 0 Å². The fourth-order valence-electron chi connectivity index (χ4n) is 1.72. The first-order valence-corrected chi connectivity index (χ1v) is 5.15. The number of hydrogen-bond acceptors (Lipinski definition) is 4. The molecule has 1 heterocycles. The number of ether oxygens (including phenoxy) is 1. The van der Waals surface area contributed by atoms with Gasteiger partial charge in [0.1, 0.15) is 11.5 Å². The fraction of sp³-hybridized carbons (Fsp3) is 0.250. The minimum atomic E-state index is 0.404. The molecule has 2 rings (SSSR count). The molecule has 0 fully saturated rings. The third-order valence-corrected chi connectivity index (χ3v) is 2.49. The van der Waals surface area contributed by atoms with Crippen LogP contribution < -0.4 is 10.5 Å². The number of nitrogen functional groups attached to an aromatic ring is 1. The Balaban J connectivity index is 2.61. The number of para-hydroxylation sites is 1. The average molecular weight is 218 g/mol. The normalized spacial score (nSPS) is 10.4. The number of anilines is 1. The molecule has 1 aromatic carbocycles. The third-order valence-electron chi connectivity index (χ3n) is 2.49. The SMILES string of the molecule is CCc1onc(N)c1-c1ccccc1OC. The Labute approximate surface area is 94.0 Å². The van der Waals surface area contributed by atoms with Gasteiger partial charge in [-0.3, -0.25) is 0 Å². The summed E-state index contributed by atoms with van der Waals surface area (Å²) in [6, 6.07) is 7.68. The molecule has 0 aliphatic heterocycles. The molecule has 4 nitrogen and oxygen atoms in total. The standard InChI is InChI=1S/C12H14N2O2/c1-3-9-11(12(13)14-16-9)8-6-4-5-7-10(8)15-2/h4-7H,3H2,1-2H3,(H2,13,14). The molecule has 0 saturated heterocycles. The summed E-state index contributed by atoms with van der Waals surface area (Å²) in [6.07, 6.45) is 0.748. The minimum Gasteiger partial charge on any atom is -0.496 e. The molecular weight excluding hydrogens is 204 g/mol. The van der Waals surface area contributed by atoms with Gasteiger partial charge in [0.25, 0.3) is 0 Å². The van der Waals surface area contributed by atoms with E-state index in [9.17, 15) is 0 Å². The van der Waals surface area contributed by atoms with Crippen LogP contribution in [0.3, 0.4) is 0 Å². The first-order chi connectivity index (χ1) is 7.77. The molecule has 0 spiro atoms. The van der Waals surface area contributed by atoms with Crippen molar-refractivity contribution >= 4 is 5.82 Å². The van der Waals surface area contributed by atoms with Crippen molar-refractivity contribution in [3.05, 3.63) is 30.0 Å². The first kappa shape index (κ1) is 10.5. The first-order valence-electron chi connectivity index (χ1n) is 5.15. The molecule has 0 amide bonds. The molecular formula is C12H14N2O2. The Morgan fingerprint density at radius 1 is 1.38 bits per heavy atom. The molecule has 0 bridgehead atoms. The van der Waals surface area contributed by atoms with Gasteiger partial charge in [-0.05, 0) is 6.07 Å². The lowest BCUT2D eigenvalue weighted by molar-refractivity contribution is 0.389. The van der Waals surface area contributed by atoms with Gasteiger partial charge in [0, 0.05) is 12.0 Å². The monoisotopic (exact) mass is 218 g/mol. The molecule has 84 valence electrons. The Morgan fingerprint density at radius 2 is 2.12 bits per heavy atom. The summed E-state index contributed by atoms with van der Waals surface area (Å²) in [5.41, 5.74) is 7.56. The van der Waals surface area contributed by atoms with Crippen LogP contribution in [-0.4, -0.2) is 12.3 Å². The smallest absolute Gasteiger partial charge is 0.175 e. The van der Waals surface area contributed by atoms with Crippen LogP contribution in [0.5, 0.6) is 5.75 Å². The molecule has 2 aromatic rings. The Hall–Kier alpha value is -1.97. The van der Waals surface area contributed by atoms with Gasteiger partial charge in [0.05, 0.1) is 12.7 Å². The van der Waals surface area contributed by atoms with Crippen LogP contribution in [0.1, 0.15) is 12.7 Å². The number of nitrogens with two attached hydrogens (primary N) is 1. The zero-order valence-corrected chi connectivity index (χ0v) is 9.36. The highest BCUT2D eigenvalue weighted by Gasteiger charge is 2.17. The topological polar surface area (TPSA) is 61.3 Å². The number of methoxy groups -OCH3 is 1.